The number of carbonyl (C=O) groups excluding carboxylic acids is 9. The molecule has 0 unspecified atom stereocenters. The van der Waals surface area contributed by atoms with Crippen molar-refractivity contribution in [2.24, 2.45) is 0 Å². The Kier molecular flexibility index (Phi) is 42.5. The predicted octanol–water partition coefficient (Wildman–Crippen LogP) is 11.1. The predicted molar refractivity (Wildman–Crippen MR) is 295 cm³/mol. The summed E-state index contributed by atoms with van der Waals surface area (Å²) in [7, 11) is 0. The van der Waals surface area contributed by atoms with E-state index < -0.39 is 119 Å². The van der Waals surface area contributed by atoms with Crippen LogP contribution in [0.3, 0.4) is 0 Å². The van der Waals surface area contributed by atoms with Crippen LogP contribution in [-0.4, -0.2) is 118 Å². The fourth-order valence-corrected chi connectivity index (χ4v) is 16.2. The van der Waals surface area contributed by atoms with Gasteiger partial charge in [0.15, 0.2) is 0 Å². The van der Waals surface area contributed by atoms with Crippen molar-refractivity contribution in [1.29, 1.82) is 0 Å². The minimum atomic E-state index is -4.71. The van der Waals surface area contributed by atoms with Crippen molar-refractivity contribution in [2.45, 2.75) is 309 Å². The topological polar surface area (TPSA) is 245 Å². The van der Waals surface area contributed by atoms with Crippen molar-refractivity contribution in [1.82, 2.24) is 16.0 Å². The van der Waals surface area contributed by atoms with E-state index in [9.17, 15) is 43.2 Å². The Morgan fingerprint density at radius 3 is 1.09 bits per heavy atom. The normalized spacial score (nSPS) is 16.8. The summed E-state index contributed by atoms with van der Waals surface area (Å²) in [6.45, 7) is 6.61. The molecule has 0 bridgehead atoms. The van der Waals surface area contributed by atoms with E-state index in [0.29, 0.717) is 19.3 Å². The van der Waals surface area contributed by atoms with Gasteiger partial charge < -0.3 is 0 Å². The third-order valence-corrected chi connectivity index (χ3v) is 21.8. The van der Waals surface area contributed by atoms with E-state index in [1.807, 2.05) is 0 Å². The van der Waals surface area contributed by atoms with E-state index in [2.05, 4.69) is 36.7 Å². The van der Waals surface area contributed by atoms with Gasteiger partial charge in [-0.05, 0) is 0 Å². The Morgan fingerprint density at radius 1 is 0.429 bits per heavy atom. The monoisotopic (exact) mass is 1480 g/mol. The minimum absolute atomic E-state index is 0.0545. The second kappa shape index (κ2) is 46.7. The van der Waals surface area contributed by atoms with Crippen molar-refractivity contribution >= 4 is 99.7 Å². The van der Waals surface area contributed by atoms with Gasteiger partial charge in [-0.15, -0.1) is 0 Å². The van der Waals surface area contributed by atoms with Gasteiger partial charge in [-0.2, -0.15) is 0 Å². The Bertz CT molecular complexity index is 1710. The van der Waals surface area contributed by atoms with Crippen molar-refractivity contribution in [3.63, 3.8) is 0 Å². The molecular weight excluding hydrogens is 1380 g/mol. The van der Waals surface area contributed by atoms with Gasteiger partial charge in [-0.3, -0.25) is 0 Å². The molecule has 0 aliphatic carbocycles. The van der Waals surface area contributed by atoms with Crippen LogP contribution in [0.15, 0.2) is 0 Å². The van der Waals surface area contributed by atoms with Crippen molar-refractivity contribution < 1.29 is 60.0 Å². The standard InChI is InChI=1S/3C19H35NO5.2Bi/c3*1-2-3-4-5-6-7-8-9-10-11-12-13-17(21)20-16(19(24)25)14-15-18(22)23;;/h3*16H,2-15H2,1H3,(H,20,21)(H,22,23)(H,24,25);;/q;;;2*+3/p-6/t3*16-;;/m100../s1. The van der Waals surface area contributed by atoms with Crippen LogP contribution in [0.4, 0.5) is 0 Å². The average Bonchev–Trinajstić information content (AvgIpc) is 3.39. The molecule has 0 aromatic heterocycles. The van der Waals surface area contributed by atoms with Crippen LogP contribution < -0.4 is 16.0 Å². The summed E-state index contributed by atoms with van der Waals surface area (Å²) in [5.74, 6) is -6.65. The molecule has 2 aliphatic rings. The number of nitrogens with one attached hydrogen (secondary N) is 3. The van der Waals surface area contributed by atoms with E-state index >= 15 is 0 Å². The van der Waals surface area contributed by atoms with E-state index in [1.165, 1.54) is 128 Å². The van der Waals surface area contributed by atoms with Crippen molar-refractivity contribution in [3.05, 3.63) is 0 Å². The third-order valence-electron chi connectivity index (χ3n) is 13.8. The van der Waals surface area contributed by atoms with Crippen LogP contribution in [0.1, 0.15) is 290 Å². The first kappa shape index (κ1) is 70.1. The summed E-state index contributed by atoms with van der Waals surface area (Å²) in [5, 5.41) is 7.92. The number of carbonyl (C=O) groups is 9. The third kappa shape index (κ3) is 37.5. The van der Waals surface area contributed by atoms with E-state index in [-0.39, 0.29) is 56.8 Å². The van der Waals surface area contributed by atoms with Gasteiger partial charge in [0.05, 0.1) is 0 Å². The molecule has 0 radical (unpaired) electrons. The zero-order valence-electron chi connectivity index (χ0n) is 47.4. The maximum absolute atomic E-state index is 13.8. The van der Waals surface area contributed by atoms with Crippen LogP contribution in [0, 0.1) is 0 Å². The fraction of sp³-hybridized carbons (Fsp3) is 0.842. The molecule has 2 aliphatic heterocycles. The first-order chi connectivity index (χ1) is 37.3. The Labute approximate surface area is 481 Å². The summed E-state index contributed by atoms with van der Waals surface area (Å²) in [4.78, 5) is 118. The van der Waals surface area contributed by atoms with Crippen LogP contribution in [0.5, 0.6) is 0 Å². The number of unbranched alkanes of at least 4 members (excludes halogenated alkanes) is 30. The number of amides is 3. The van der Waals surface area contributed by atoms with Crippen molar-refractivity contribution in [3.8, 4) is 0 Å². The molecule has 0 aromatic rings. The average molecular weight is 1480 g/mol. The molecular formula is C57H99Bi2N3O15. The molecule has 0 saturated carbocycles. The first-order valence-corrected chi connectivity index (χ1v) is 38.6. The molecule has 2 fully saturated rings. The van der Waals surface area contributed by atoms with Gasteiger partial charge in [0.2, 0.25) is 0 Å². The molecule has 0 aromatic carbocycles. The Balaban J connectivity index is 1.96. The Hall–Kier alpha value is -3.00. The summed E-state index contributed by atoms with van der Waals surface area (Å²) in [5.41, 5.74) is 0. The van der Waals surface area contributed by atoms with Gasteiger partial charge in [-0.25, -0.2) is 0 Å². The second-order valence-electron chi connectivity index (χ2n) is 20.9. The van der Waals surface area contributed by atoms with Crippen LogP contribution >= 0.6 is 0 Å². The van der Waals surface area contributed by atoms with Crippen LogP contribution in [-0.2, 0) is 60.0 Å². The molecule has 3 N–H and O–H groups in total. The van der Waals surface area contributed by atoms with Crippen LogP contribution in [0.25, 0.3) is 0 Å². The van der Waals surface area contributed by atoms with Crippen molar-refractivity contribution in [2.75, 3.05) is 0 Å². The van der Waals surface area contributed by atoms with Gasteiger partial charge in [0.1, 0.15) is 0 Å². The molecule has 18 nitrogen and oxygen atoms in total. The molecule has 3 amide bonds. The SMILES string of the molecule is CCCCCCCCCCCCCC(=O)N[C@H]1CCC(=O)[O][Bi]([O]C(=O)[C@H](CCC(=O)[O][Bi]2[O]C(=O)CC[C@@H](NC(=O)CCCCCCCCCCCCC)C(=O)[O]2)NC(=O)CCCCCCCCCCCCC)[O]C1=O. The van der Waals surface area contributed by atoms with Gasteiger partial charge in [0, 0.05) is 0 Å². The molecule has 3 atom stereocenters. The van der Waals surface area contributed by atoms with E-state index in [4.69, 9.17) is 16.9 Å². The first-order valence-electron chi connectivity index (χ1n) is 30.1. The number of hydrogen-bond donors (Lipinski definition) is 3. The second-order valence-corrected chi connectivity index (χ2v) is 28.6. The molecule has 77 heavy (non-hydrogen) atoms. The number of hydrogen-bond acceptors (Lipinski definition) is 15. The summed E-state index contributed by atoms with van der Waals surface area (Å²) in [6.07, 6.45) is 35.5. The molecule has 20 heteroatoms. The summed E-state index contributed by atoms with van der Waals surface area (Å²) < 4.78 is 32.4. The zero-order valence-corrected chi connectivity index (χ0v) is 54.4. The van der Waals surface area contributed by atoms with Crippen LogP contribution in [0.2, 0.25) is 0 Å². The molecule has 2 rings (SSSR count). The fourth-order valence-electron chi connectivity index (χ4n) is 9.09. The van der Waals surface area contributed by atoms with Gasteiger partial charge in [0.25, 0.3) is 0 Å². The Morgan fingerprint density at radius 2 is 0.740 bits per heavy atom. The van der Waals surface area contributed by atoms with E-state index in [1.54, 1.807) is 0 Å². The summed E-state index contributed by atoms with van der Waals surface area (Å²) >= 11 is -9.29. The molecule has 2 heterocycles. The number of rotatable bonds is 45. The van der Waals surface area contributed by atoms with Gasteiger partial charge >= 0.3 is 367 Å². The molecule has 442 valence electrons. The zero-order chi connectivity index (χ0) is 56.1. The molecule has 2 saturated heterocycles. The quantitative estimate of drug-likeness (QED) is 0.0379. The van der Waals surface area contributed by atoms with Gasteiger partial charge in [-0.1, -0.05) is 117 Å². The molecule has 0 spiro atoms. The maximum atomic E-state index is 13.8. The summed E-state index contributed by atoms with van der Waals surface area (Å²) in [6, 6.07) is -3.79. The van der Waals surface area contributed by atoms with E-state index in [0.717, 1.165) is 64.2 Å².